The van der Waals surface area contributed by atoms with Crippen LogP contribution in [-0.4, -0.2) is 23.3 Å². The molecule has 2 aromatic heterocycles. The molecule has 0 radical (unpaired) electrons. The van der Waals surface area contributed by atoms with Gasteiger partial charge in [0.2, 0.25) is 0 Å². The van der Waals surface area contributed by atoms with E-state index in [1.807, 2.05) is 6.92 Å². The van der Waals surface area contributed by atoms with Crippen LogP contribution in [0.3, 0.4) is 0 Å². The van der Waals surface area contributed by atoms with E-state index in [2.05, 4.69) is 16.0 Å². The third-order valence-corrected chi connectivity index (χ3v) is 4.41. The molecular formula is C17H14N4O3S. The van der Waals surface area contributed by atoms with E-state index in [1.54, 1.807) is 31.3 Å². The van der Waals surface area contributed by atoms with Crippen molar-refractivity contribution in [1.82, 2.24) is 14.5 Å². The lowest BCUT2D eigenvalue weighted by atomic mass is 9.99. The number of aromatic nitrogens is 3. The Hall–Kier alpha value is -2.89. The molecule has 0 aliphatic heterocycles. The standard InChI is InChI=1S/C17H14N4O3S/c1-10-3-4-11(7-18)5-13(10)14-6-12-8-19-15(9-25(23)24)20-16(12)21(2)17(14)22/h3-6,8H,9H2,1-2H3,(H,23,24). The molecule has 2 heterocycles. The Kier molecular flexibility index (Phi) is 4.44. The Morgan fingerprint density at radius 1 is 1.32 bits per heavy atom. The summed E-state index contributed by atoms with van der Waals surface area (Å²) < 4.78 is 21.3. The van der Waals surface area contributed by atoms with E-state index >= 15 is 0 Å². The summed E-state index contributed by atoms with van der Waals surface area (Å²) >= 11 is -2.06. The number of pyridine rings is 1. The van der Waals surface area contributed by atoms with Crippen molar-refractivity contribution >= 4 is 22.1 Å². The van der Waals surface area contributed by atoms with Crippen molar-refractivity contribution in [1.29, 1.82) is 5.26 Å². The van der Waals surface area contributed by atoms with Crippen LogP contribution in [0.15, 0.2) is 35.3 Å². The van der Waals surface area contributed by atoms with Crippen LogP contribution in [-0.2, 0) is 23.9 Å². The second-order valence-corrected chi connectivity index (χ2v) is 6.53. The Balaban J connectivity index is 2.26. The van der Waals surface area contributed by atoms with Gasteiger partial charge in [-0.05, 0) is 36.2 Å². The molecule has 0 aliphatic rings. The van der Waals surface area contributed by atoms with Crippen molar-refractivity contribution in [2.45, 2.75) is 12.7 Å². The van der Waals surface area contributed by atoms with Crippen molar-refractivity contribution in [2.24, 2.45) is 7.05 Å². The number of hydrogen-bond donors (Lipinski definition) is 1. The number of benzene rings is 1. The van der Waals surface area contributed by atoms with Gasteiger partial charge in [-0.25, -0.2) is 14.2 Å². The summed E-state index contributed by atoms with van der Waals surface area (Å²) in [5.41, 5.74) is 2.61. The van der Waals surface area contributed by atoms with Crippen molar-refractivity contribution in [3.05, 3.63) is 57.8 Å². The maximum Gasteiger partial charge on any atom is 0.259 e. The Morgan fingerprint density at radius 3 is 2.76 bits per heavy atom. The van der Waals surface area contributed by atoms with Crippen LogP contribution < -0.4 is 5.56 Å². The number of fused-ring (bicyclic) bond motifs is 1. The molecule has 3 aromatic rings. The molecule has 1 aromatic carbocycles. The van der Waals surface area contributed by atoms with Gasteiger partial charge in [0.05, 0.1) is 11.6 Å². The third kappa shape index (κ3) is 3.20. The fraction of sp³-hybridized carbons (Fsp3) is 0.176. The van der Waals surface area contributed by atoms with Gasteiger partial charge in [-0.1, -0.05) is 6.07 Å². The lowest BCUT2D eigenvalue weighted by molar-refractivity contribution is 0.562. The first-order valence-corrected chi connectivity index (χ1v) is 8.62. The molecule has 0 aliphatic carbocycles. The Morgan fingerprint density at radius 2 is 2.08 bits per heavy atom. The lowest BCUT2D eigenvalue weighted by Gasteiger charge is -2.11. The minimum absolute atomic E-state index is 0.193. The largest absolute Gasteiger partial charge is 0.306 e. The van der Waals surface area contributed by atoms with Crippen LogP contribution in [0.5, 0.6) is 0 Å². The minimum atomic E-state index is -2.06. The number of nitrogens with zero attached hydrogens (tertiary/aromatic N) is 4. The van der Waals surface area contributed by atoms with E-state index in [1.165, 1.54) is 10.8 Å². The van der Waals surface area contributed by atoms with Gasteiger partial charge in [-0.2, -0.15) is 5.26 Å². The SMILES string of the molecule is Cc1ccc(C#N)cc1-c1cc2cnc(CS(=O)O)nc2n(C)c1=O. The molecule has 1 N–H and O–H groups in total. The smallest absolute Gasteiger partial charge is 0.259 e. The first-order chi connectivity index (χ1) is 11.9. The zero-order chi connectivity index (χ0) is 18.1. The maximum absolute atomic E-state index is 12.8. The fourth-order valence-electron chi connectivity index (χ4n) is 2.64. The minimum Gasteiger partial charge on any atom is -0.306 e. The molecule has 8 heteroatoms. The molecule has 7 nitrogen and oxygen atoms in total. The van der Waals surface area contributed by atoms with Gasteiger partial charge in [0.1, 0.15) is 17.2 Å². The van der Waals surface area contributed by atoms with Crippen LogP contribution in [0, 0.1) is 18.3 Å². The molecule has 0 spiro atoms. The van der Waals surface area contributed by atoms with Crippen molar-refractivity contribution in [2.75, 3.05) is 0 Å². The average Bonchev–Trinajstić information content (AvgIpc) is 2.58. The summed E-state index contributed by atoms with van der Waals surface area (Å²) in [6.45, 7) is 1.87. The third-order valence-electron chi connectivity index (χ3n) is 3.91. The molecule has 0 saturated carbocycles. The monoisotopic (exact) mass is 354 g/mol. The Bertz CT molecular complexity index is 1120. The van der Waals surface area contributed by atoms with Crippen LogP contribution in [0.2, 0.25) is 0 Å². The van der Waals surface area contributed by atoms with Gasteiger partial charge < -0.3 is 4.55 Å². The zero-order valence-electron chi connectivity index (χ0n) is 13.6. The summed E-state index contributed by atoms with van der Waals surface area (Å²) in [6.07, 6.45) is 1.52. The summed E-state index contributed by atoms with van der Waals surface area (Å²) in [4.78, 5) is 21.1. The van der Waals surface area contributed by atoms with Crippen LogP contribution >= 0.6 is 0 Å². The number of aryl methyl sites for hydroxylation is 2. The second-order valence-electron chi connectivity index (χ2n) is 5.59. The number of nitriles is 1. The van der Waals surface area contributed by atoms with Crippen molar-refractivity contribution in [3.63, 3.8) is 0 Å². The molecule has 3 rings (SSSR count). The second kappa shape index (κ2) is 6.55. The number of hydrogen-bond acceptors (Lipinski definition) is 5. The van der Waals surface area contributed by atoms with Gasteiger partial charge in [0.25, 0.3) is 5.56 Å². The maximum atomic E-state index is 12.8. The Labute approximate surface area is 145 Å². The van der Waals surface area contributed by atoms with Gasteiger partial charge in [0, 0.05) is 24.2 Å². The van der Waals surface area contributed by atoms with Crippen LogP contribution in [0.25, 0.3) is 22.2 Å². The first kappa shape index (κ1) is 17.0. The van der Waals surface area contributed by atoms with Crippen molar-refractivity contribution in [3.8, 4) is 17.2 Å². The highest BCUT2D eigenvalue weighted by Crippen LogP contribution is 2.24. The summed E-state index contributed by atoms with van der Waals surface area (Å²) in [5, 5.41) is 9.73. The van der Waals surface area contributed by atoms with E-state index in [-0.39, 0.29) is 17.1 Å². The normalized spacial score (nSPS) is 12.1. The van der Waals surface area contributed by atoms with E-state index in [0.717, 1.165) is 5.56 Å². The first-order valence-electron chi connectivity index (χ1n) is 7.35. The quantitative estimate of drug-likeness (QED) is 0.720. The number of rotatable bonds is 3. The molecule has 126 valence electrons. The van der Waals surface area contributed by atoms with Gasteiger partial charge in [0.15, 0.2) is 11.1 Å². The average molecular weight is 354 g/mol. The van der Waals surface area contributed by atoms with Gasteiger partial charge in [-0.3, -0.25) is 9.36 Å². The highest BCUT2D eigenvalue weighted by atomic mass is 32.2. The molecule has 0 amide bonds. The molecule has 1 atom stereocenters. The summed E-state index contributed by atoms with van der Waals surface area (Å²) in [7, 11) is 1.59. The van der Waals surface area contributed by atoms with Crippen LogP contribution in [0.4, 0.5) is 0 Å². The zero-order valence-corrected chi connectivity index (χ0v) is 14.4. The summed E-state index contributed by atoms with van der Waals surface area (Å²) in [5.74, 6) is -0.00592. The molecule has 0 bridgehead atoms. The highest BCUT2D eigenvalue weighted by Gasteiger charge is 2.14. The molecule has 1 unspecified atom stereocenters. The van der Waals surface area contributed by atoms with E-state index in [9.17, 15) is 9.00 Å². The predicted octanol–water partition coefficient (Wildman–Crippen LogP) is 1.90. The summed E-state index contributed by atoms with van der Waals surface area (Å²) in [6, 6.07) is 8.94. The topological polar surface area (TPSA) is 109 Å². The molecular weight excluding hydrogens is 340 g/mol. The van der Waals surface area contributed by atoms with E-state index < -0.39 is 11.1 Å². The highest BCUT2D eigenvalue weighted by molar-refractivity contribution is 7.78. The molecule has 25 heavy (non-hydrogen) atoms. The van der Waals surface area contributed by atoms with E-state index in [4.69, 9.17) is 9.81 Å². The fourth-order valence-corrected chi connectivity index (χ4v) is 3.00. The van der Waals surface area contributed by atoms with Gasteiger partial charge in [-0.15, -0.1) is 0 Å². The molecule has 0 saturated heterocycles. The van der Waals surface area contributed by atoms with E-state index in [0.29, 0.717) is 27.7 Å². The predicted molar refractivity (Wildman–Crippen MR) is 94.1 cm³/mol. The van der Waals surface area contributed by atoms with Crippen molar-refractivity contribution < 1.29 is 8.76 Å². The van der Waals surface area contributed by atoms with Gasteiger partial charge >= 0.3 is 0 Å². The lowest BCUT2D eigenvalue weighted by Crippen LogP contribution is -2.20. The van der Waals surface area contributed by atoms with Crippen LogP contribution in [0.1, 0.15) is 17.0 Å². The molecule has 0 fully saturated rings.